The Kier molecular flexibility index (Phi) is 12.1. The Balaban J connectivity index is 1.97. The van der Waals surface area contributed by atoms with E-state index in [1.165, 1.54) is 0 Å². The predicted molar refractivity (Wildman–Crippen MR) is 182 cm³/mol. The van der Waals surface area contributed by atoms with Crippen molar-refractivity contribution in [2.45, 2.75) is 157 Å². The lowest BCUT2D eigenvalue weighted by molar-refractivity contribution is -0.160. The fourth-order valence-electron chi connectivity index (χ4n) is 7.52. The summed E-state index contributed by atoms with van der Waals surface area (Å²) in [4.78, 5) is 81.8. The number of nitrogens with one attached hydrogen (secondary N) is 3. The highest BCUT2D eigenvalue weighted by atomic mass is 16.6. The zero-order chi connectivity index (χ0) is 36.4. The molecule has 3 rings (SSSR count). The molecule has 12 nitrogen and oxygen atoms in total. The van der Waals surface area contributed by atoms with Crippen LogP contribution in [0.4, 0.5) is 4.79 Å². The summed E-state index contributed by atoms with van der Waals surface area (Å²) in [5, 5.41) is 8.49. The average molecular weight is 676 g/mol. The van der Waals surface area contributed by atoms with E-state index in [2.05, 4.69) is 29.8 Å². The Hall–Kier alpha value is -3.18. The lowest BCUT2D eigenvalue weighted by atomic mass is 9.78. The van der Waals surface area contributed by atoms with Gasteiger partial charge < -0.3 is 31.3 Å². The van der Waals surface area contributed by atoms with Crippen LogP contribution in [0.15, 0.2) is 0 Å². The highest BCUT2D eigenvalue weighted by molar-refractivity contribution is 6.37. The van der Waals surface area contributed by atoms with Crippen LogP contribution in [0.25, 0.3) is 0 Å². The molecular weight excluding hydrogens is 614 g/mol. The van der Waals surface area contributed by atoms with Crippen molar-refractivity contribution in [3.63, 3.8) is 0 Å². The zero-order valence-corrected chi connectivity index (χ0v) is 30.9. The molecule has 0 radical (unpaired) electrons. The van der Waals surface area contributed by atoms with Crippen LogP contribution >= 0.6 is 0 Å². The van der Waals surface area contributed by atoms with E-state index in [1.807, 2.05) is 34.6 Å². The number of ketones is 1. The Morgan fingerprint density at radius 2 is 1.48 bits per heavy atom. The van der Waals surface area contributed by atoms with Crippen molar-refractivity contribution in [3.05, 3.63) is 0 Å². The Morgan fingerprint density at radius 3 is 2.02 bits per heavy atom. The Bertz CT molecular complexity index is 1250. The van der Waals surface area contributed by atoms with E-state index in [0.717, 1.165) is 38.5 Å². The normalized spacial score (nSPS) is 28.9. The summed E-state index contributed by atoms with van der Waals surface area (Å²) < 4.78 is 5.61. The number of Topliss-reactive ketones (excluding diaryl/α,β-unsaturated/α-hetero) is 1. The average Bonchev–Trinajstić information content (AvgIpc) is 3.25. The minimum Gasteiger partial charge on any atom is -0.458 e. The van der Waals surface area contributed by atoms with Gasteiger partial charge in [0.1, 0.15) is 23.7 Å². The largest absolute Gasteiger partial charge is 0.458 e. The van der Waals surface area contributed by atoms with Crippen molar-refractivity contribution < 1.29 is 33.5 Å². The summed E-state index contributed by atoms with van der Waals surface area (Å²) in [6, 6.07) is -4.66. The molecule has 2 saturated heterocycles. The smallest absolute Gasteiger partial charge is 0.329 e. The van der Waals surface area contributed by atoms with Gasteiger partial charge in [0.15, 0.2) is 0 Å². The maximum atomic E-state index is 14.6. The van der Waals surface area contributed by atoms with Gasteiger partial charge in [0.2, 0.25) is 17.6 Å². The molecule has 0 spiro atoms. The summed E-state index contributed by atoms with van der Waals surface area (Å²) >= 11 is 0. The molecule has 2 heterocycles. The van der Waals surface area contributed by atoms with Crippen molar-refractivity contribution in [2.75, 3.05) is 6.54 Å². The van der Waals surface area contributed by atoms with Gasteiger partial charge in [0.05, 0.1) is 6.04 Å². The van der Waals surface area contributed by atoms with Gasteiger partial charge in [-0.2, -0.15) is 0 Å². The third-order valence-electron chi connectivity index (χ3n) is 10.5. The molecule has 0 aromatic carbocycles. The van der Waals surface area contributed by atoms with E-state index in [1.54, 1.807) is 25.7 Å². The molecular formula is C36H61N5O7. The zero-order valence-electron chi connectivity index (χ0n) is 30.9. The highest BCUT2D eigenvalue weighted by Crippen LogP contribution is 2.65. The summed E-state index contributed by atoms with van der Waals surface area (Å²) in [5.74, 6) is -3.52. The topological polar surface area (TPSA) is 177 Å². The molecule has 3 aliphatic rings. The Labute approximate surface area is 286 Å². The second-order valence-electron chi connectivity index (χ2n) is 17.6. The molecule has 5 amide bonds. The number of hydrogen-bond donors (Lipinski definition) is 4. The van der Waals surface area contributed by atoms with E-state index in [0.29, 0.717) is 19.4 Å². The van der Waals surface area contributed by atoms with Crippen molar-refractivity contribution in [1.82, 2.24) is 20.9 Å². The fraction of sp³-hybridized carbons (Fsp3) is 0.833. The molecule has 6 atom stereocenters. The summed E-state index contributed by atoms with van der Waals surface area (Å²) in [6.07, 6.45) is 7.20. The first-order valence-corrected chi connectivity index (χ1v) is 17.7. The molecule has 3 fully saturated rings. The lowest BCUT2D eigenvalue weighted by Crippen LogP contribution is -2.63. The van der Waals surface area contributed by atoms with E-state index in [4.69, 9.17) is 10.5 Å². The number of piperidine rings is 1. The number of nitrogens with zero attached hydrogens (tertiary/aromatic N) is 1. The first-order chi connectivity index (χ1) is 22.0. The first-order valence-electron chi connectivity index (χ1n) is 17.7. The van der Waals surface area contributed by atoms with Crippen LogP contribution in [0.3, 0.4) is 0 Å². The van der Waals surface area contributed by atoms with Gasteiger partial charge in [-0.25, -0.2) is 9.59 Å². The molecule has 0 bridgehead atoms. The van der Waals surface area contributed by atoms with Crippen LogP contribution in [0, 0.1) is 28.1 Å². The number of esters is 1. The van der Waals surface area contributed by atoms with Gasteiger partial charge >= 0.3 is 12.0 Å². The number of carbonyl (C=O) groups excluding carboxylic acids is 6. The Morgan fingerprint density at radius 1 is 0.917 bits per heavy atom. The van der Waals surface area contributed by atoms with Crippen molar-refractivity contribution in [1.29, 1.82) is 0 Å². The van der Waals surface area contributed by atoms with Gasteiger partial charge in [-0.1, -0.05) is 93.4 Å². The second kappa shape index (κ2) is 14.7. The van der Waals surface area contributed by atoms with Crippen LogP contribution in [0.5, 0.6) is 0 Å². The minimum absolute atomic E-state index is 0.0584. The maximum Gasteiger partial charge on any atom is 0.329 e. The van der Waals surface area contributed by atoms with E-state index >= 15 is 0 Å². The molecule has 0 aromatic heterocycles. The van der Waals surface area contributed by atoms with Crippen molar-refractivity contribution in [3.8, 4) is 0 Å². The lowest BCUT2D eigenvalue weighted by Gasteiger charge is -2.40. The molecule has 1 saturated carbocycles. The molecule has 2 aliphatic heterocycles. The maximum absolute atomic E-state index is 14.6. The van der Waals surface area contributed by atoms with Crippen LogP contribution in [-0.4, -0.2) is 76.7 Å². The third-order valence-corrected chi connectivity index (χ3v) is 10.5. The van der Waals surface area contributed by atoms with Crippen LogP contribution in [-0.2, 0) is 28.7 Å². The number of urea groups is 1. The van der Waals surface area contributed by atoms with Gasteiger partial charge in [-0.3, -0.25) is 19.2 Å². The number of fused-ring (bicyclic) bond motifs is 3. The van der Waals surface area contributed by atoms with Gasteiger partial charge in [-0.05, 0) is 61.7 Å². The molecule has 1 aliphatic carbocycles. The summed E-state index contributed by atoms with van der Waals surface area (Å²) in [5.41, 5.74) is 2.99. The number of rotatable bonds is 5. The van der Waals surface area contributed by atoms with Gasteiger partial charge in [-0.15, -0.1) is 0 Å². The predicted octanol–water partition coefficient (Wildman–Crippen LogP) is 3.98. The number of amides is 5. The molecule has 12 heteroatoms. The highest BCUT2D eigenvalue weighted by Gasteiger charge is 2.70. The van der Waals surface area contributed by atoms with Crippen LogP contribution in [0.1, 0.15) is 127 Å². The molecule has 0 unspecified atom stereocenters. The number of primary amides is 1. The van der Waals surface area contributed by atoms with Crippen molar-refractivity contribution in [2.24, 2.45) is 33.8 Å². The summed E-state index contributed by atoms with van der Waals surface area (Å²) in [6.45, 7) is 19.1. The standard InChI is InChI=1S/C36H61N5O7/c1-33(2,3)27(31(46)48-34(4,5)6)40-32(47)39-26-30(45)41-20-21-23(36(21,9)10)24(41)29(44)38-22(25(42)28(37)43)18-16-14-12-11-13-15-17-19-35(26,7)8/h21-24,26-27H,11-20H2,1-10H3,(H2,37,43)(H,38,44)(H2,39,40,47)/t21-,22+,23-,24-,26-,27+/m0/s1. The fourth-order valence-corrected chi connectivity index (χ4v) is 7.52. The van der Waals surface area contributed by atoms with Gasteiger partial charge in [0, 0.05) is 6.54 Å². The van der Waals surface area contributed by atoms with E-state index in [-0.39, 0.29) is 23.7 Å². The second-order valence-corrected chi connectivity index (χ2v) is 17.6. The van der Waals surface area contributed by atoms with Gasteiger partial charge in [0.25, 0.3) is 5.91 Å². The van der Waals surface area contributed by atoms with Crippen LogP contribution in [0.2, 0.25) is 0 Å². The minimum atomic E-state index is -1.10. The first kappa shape index (κ1) is 39.3. The third kappa shape index (κ3) is 9.49. The van der Waals surface area contributed by atoms with Crippen LogP contribution < -0.4 is 21.7 Å². The van der Waals surface area contributed by atoms with E-state index in [9.17, 15) is 28.8 Å². The van der Waals surface area contributed by atoms with E-state index < -0.39 is 76.1 Å². The molecule has 0 aromatic rings. The van der Waals surface area contributed by atoms with Crippen molar-refractivity contribution >= 4 is 35.5 Å². The quantitative estimate of drug-likeness (QED) is 0.252. The monoisotopic (exact) mass is 675 g/mol. The SMILES string of the molecule is CC(C)(C)OC(=O)[C@@H](NC(=O)N[C@H]1C(=O)N2C[C@H]3[C@@H]([C@H]2C(=O)N[C@@H](C(=O)C(N)=O)CCCCCCCCCC1(C)C)C3(C)C)C(C)(C)C. The number of carbonyl (C=O) groups is 6. The number of nitrogens with two attached hydrogens (primary N) is 1. The molecule has 5 N–H and O–H groups in total. The summed E-state index contributed by atoms with van der Waals surface area (Å²) in [7, 11) is 0. The molecule has 48 heavy (non-hydrogen) atoms. The number of hydrogen-bond acceptors (Lipinski definition) is 7. The molecule has 272 valence electrons. The number of ether oxygens (including phenoxy) is 1.